The molecule has 150 valence electrons. The number of esters is 1. The number of halogens is 2. The highest BCUT2D eigenvalue weighted by atomic mass is 35.5. The maximum atomic E-state index is 12.4. The van der Waals surface area contributed by atoms with Gasteiger partial charge in [0, 0.05) is 11.3 Å². The van der Waals surface area contributed by atoms with Crippen molar-refractivity contribution in [3.8, 4) is 0 Å². The fourth-order valence-corrected chi connectivity index (χ4v) is 4.34. The first-order valence-corrected chi connectivity index (χ1v) is 10.8. The van der Waals surface area contributed by atoms with Gasteiger partial charge in [0.1, 0.15) is 5.00 Å². The Bertz CT molecular complexity index is 1020. The summed E-state index contributed by atoms with van der Waals surface area (Å²) >= 11 is 19.1. The minimum Gasteiger partial charge on any atom is -0.462 e. The highest BCUT2D eigenvalue weighted by molar-refractivity contribution is 7.80. The zero-order valence-electron chi connectivity index (χ0n) is 15.5. The fraction of sp³-hybridized carbons (Fsp3) is 0.143. The lowest BCUT2D eigenvalue weighted by Crippen LogP contribution is -2.20. The van der Waals surface area contributed by atoms with Gasteiger partial charge in [-0.1, -0.05) is 59.6 Å². The average molecular weight is 465 g/mol. The van der Waals surface area contributed by atoms with Crippen LogP contribution in [0.1, 0.15) is 27.7 Å². The molecule has 0 radical (unpaired) electrons. The van der Waals surface area contributed by atoms with E-state index in [-0.39, 0.29) is 0 Å². The van der Waals surface area contributed by atoms with E-state index in [4.69, 9.17) is 40.2 Å². The van der Waals surface area contributed by atoms with E-state index in [1.165, 1.54) is 11.3 Å². The summed E-state index contributed by atoms with van der Waals surface area (Å²) in [7, 11) is 0. The number of hydrogen-bond donors (Lipinski definition) is 2. The molecular weight excluding hydrogens is 447 g/mol. The van der Waals surface area contributed by atoms with E-state index < -0.39 is 5.97 Å². The van der Waals surface area contributed by atoms with Gasteiger partial charge >= 0.3 is 5.97 Å². The minimum absolute atomic E-state index is 0.295. The first kappa shape index (κ1) is 21.6. The molecule has 0 spiro atoms. The smallest absolute Gasteiger partial charge is 0.341 e. The second-order valence-electron chi connectivity index (χ2n) is 6.02. The Morgan fingerprint density at radius 3 is 2.59 bits per heavy atom. The number of rotatable bonds is 6. The summed E-state index contributed by atoms with van der Waals surface area (Å²) in [4.78, 5) is 13.4. The van der Waals surface area contributed by atoms with Crippen molar-refractivity contribution in [2.24, 2.45) is 0 Å². The number of anilines is 2. The van der Waals surface area contributed by atoms with Gasteiger partial charge in [-0.2, -0.15) is 0 Å². The van der Waals surface area contributed by atoms with Gasteiger partial charge in [-0.3, -0.25) is 0 Å². The lowest BCUT2D eigenvalue weighted by molar-refractivity contribution is 0.0528. The average Bonchev–Trinajstić information content (AvgIpc) is 3.08. The molecule has 8 heteroatoms. The quantitative estimate of drug-likeness (QED) is 0.316. The Hall–Kier alpha value is -2.12. The Kier molecular flexibility index (Phi) is 7.50. The zero-order chi connectivity index (χ0) is 20.8. The van der Waals surface area contributed by atoms with Crippen LogP contribution < -0.4 is 10.6 Å². The predicted octanol–water partition coefficient (Wildman–Crippen LogP) is 6.63. The summed E-state index contributed by atoms with van der Waals surface area (Å²) in [5.74, 6) is -0.394. The topological polar surface area (TPSA) is 50.4 Å². The number of thiocarbonyl (C=S) groups is 1. The molecule has 0 unspecified atom stereocenters. The molecule has 29 heavy (non-hydrogen) atoms. The highest BCUT2D eigenvalue weighted by Gasteiger charge is 2.19. The van der Waals surface area contributed by atoms with E-state index in [1.807, 2.05) is 36.4 Å². The summed E-state index contributed by atoms with van der Waals surface area (Å²) in [6.07, 6.45) is 0.708. The zero-order valence-corrected chi connectivity index (χ0v) is 18.6. The van der Waals surface area contributed by atoms with Crippen LogP contribution in [0.2, 0.25) is 10.0 Å². The van der Waals surface area contributed by atoms with Crippen LogP contribution in [-0.4, -0.2) is 17.7 Å². The molecule has 0 aliphatic heterocycles. The van der Waals surface area contributed by atoms with Crippen LogP contribution in [0.25, 0.3) is 0 Å². The Morgan fingerprint density at radius 1 is 1.10 bits per heavy atom. The molecule has 0 saturated heterocycles. The van der Waals surface area contributed by atoms with Gasteiger partial charge in [-0.15, -0.1) is 11.3 Å². The van der Waals surface area contributed by atoms with Crippen molar-refractivity contribution in [1.82, 2.24) is 0 Å². The summed E-state index contributed by atoms with van der Waals surface area (Å²) in [5, 5.41) is 7.82. The lowest BCUT2D eigenvalue weighted by atomic mass is 10.1. The number of carbonyl (C=O) groups is 1. The monoisotopic (exact) mass is 464 g/mol. The van der Waals surface area contributed by atoms with Crippen LogP contribution in [0.5, 0.6) is 0 Å². The number of thiophene rings is 1. The molecule has 1 heterocycles. The summed E-state index contributed by atoms with van der Waals surface area (Å²) in [6.45, 7) is 2.07. The van der Waals surface area contributed by atoms with Crippen LogP contribution in [0.4, 0.5) is 10.7 Å². The molecule has 3 aromatic rings. The van der Waals surface area contributed by atoms with Crippen molar-refractivity contribution in [3.63, 3.8) is 0 Å². The fourth-order valence-electron chi connectivity index (χ4n) is 2.64. The van der Waals surface area contributed by atoms with Crippen LogP contribution in [0.3, 0.4) is 0 Å². The second kappa shape index (κ2) is 10.1. The molecule has 2 aromatic carbocycles. The van der Waals surface area contributed by atoms with Crippen molar-refractivity contribution >= 4 is 68.5 Å². The molecule has 1 aromatic heterocycles. The van der Waals surface area contributed by atoms with E-state index in [1.54, 1.807) is 25.1 Å². The number of carbonyl (C=O) groups excluding carboxylic acids is 1. The van der Waals surface area contributed by atoms with E-state index in [0.717, 1.165) is 10.4 Å². The molecule has 0 bridgehead atoms. The van der Waals surface area contributed by atoms with E-state index in [2.05, 4.69) is 10.6 Å². The van der Waals surface area contributed by atoms with Crippen molar-refractivity contribution < 1.29 is 9.53 Å². The van der Waals surface area contributed by atoms with Gasteiger partial charge in [0.25, 0.3) is 0 Å². The minimum atomic E-state index is -0.394. The standard InChI is InChI=1S/C21H18Cl2N2O2S2/c1-2-27-20(26)15-12-14(11-13-7-4-3-5-8-13)29-19(15)25-21(28)24-17-10-6-9-16(22)18(17)23/h3-10,12H,2,11H2,1H3,(H2,24,25,28). The van der Waals surface area contributed by atoms with Crippen molar-refractivity contribution in [2.45, 2.75) is 13.3 Å². The van der Waals surface area contributed by atoms with Crippen molar-refractivity contribution in [2.75, 3.05) is 17.2 Å². The van der Waals surface area contributed by atoms with Gasteiger partial charge < -0.3 is 15.4 Å². The Balaban J connectivity index is 1.81. The summed E-state index contributed by atoms with van der Waals surface area (Å²) < 4.78 is 5.19. The number of hydrogen-bond acceptors (Lipinski definition) is 4. The van der Waals surface area contributed by atoms with Crippen LogP contribution in [-0.2, 0) is 11.2 Å². The SMILES string of the molecule is CCOC(=O)c1cc(Cc2ccccc2)sc1NC(=S)Nc1cccc(Cl)c1Cl. The maximum Gasteiger partial charge on any atom is 0.341 e. The van der Waals surface area contributed by atoms with E-state index in [9.17, 15) is 4.79 Å². The predicted molar refractivity (Wildman–Crippen MR) is 126 cm³/mol. The third-order valence-corrected chi connectivity index (χ3v) is 6.00. The summed E-state index contributed by atoms with van der Waals surface area (Å²) in [5.41, 5.74) is 2.18. The molecule has 0 saturated carbocycles. The Morgan fingerprint density at radius 2 is 1.86 bits per heavy atom. The molecule has 0 aliphatic carbocycles. The summed E-state index contributed by atoms with van der Waals surface area (Å²) in [6, 6.07) is 17.1. The number of benzene rings is 2. The molecule has 2 N–H and O–H groups in total. The third kappa shape index (κ3) is 5.70. The second-order valence-corrected chi connectivity index (χ2v) is 8.35. The van der Waals surface area contributed by atoms with Crippen molar-refractivity contribution in [3.05, 3.63) is 80.6 Å². The van der Waals surface area contributed by atoms with Crippen LogP contribution >= 0.6 is 46.8 Å². The van der Waals surface area contributed by atoms with Gasteiger partial charge in [0.2, 0.25) is 0 Å². The van der Waals surface area contributed by atoms with E-state index in [0.29, 0.717) is 44.4 Å². The van der Waals surface area contributed by atoms with Crippen molar-refractivity contribution in [1.29, 1.82) is 0 Å². The van der Waals surface area contributed by atoms with Gasteiger partial charge in [-0.25, -0.2) is 4.79 Å². The van der Waals surface area contributed by atoms with Gasteiger partial charge in [-0.05, 0) is 42.9 Å². The third-order valence-electron chi connectivity index (χ3n) is 3.93. The molecule has 0 fully saturated rings. The number of ether oxygens (including phenoxy) is 1. The molecule has 0 amide bonds. The first-order chi connectivity index (χ1) is 14.0. The van der Waals surface area contributed by atoms with Gasteiger partial charge in [0.05, 0.1) is 27.9 Å². The molecule has 3 rings (SSSR count). The highest BCUT2D eigenvalue weighted by Crippen LogP contribution is 2.32. The number of nitrogens with one attached hydrogen (secondary N) is 2. The van der Waals surface area contributed by atoms with Crippen LogP contribution in [0.15, 0.2) is 54.6 Å². The molecular formula is C21H18Cl2N2O2S2. The molecule has 4 nitrogen and oxygen atoms in total. The normalized spacial score (nSPS) is 10.4. The molecule has 0 aliphatic rings. The first-order valence-electron chi connectivity index (χ1n) is 8.83. The largest absolute Gasteiger partial charge is 0.462 e. The maximum absolute atomic E-state index is 12.4. The van der Waals surface area contributed by atoms with Crippen LogP contribution in [0, 0.1) is 0 Å². The lowest BCUT2D eigenvalue weighted by Gasteiger charge is -2.12. The van der Waals surface area contributed by atoms with Gasteiger partial charge in [0.15, 0.2) is 5.11 Å². The molecule has 0 atom stereocenters. The van der Waals surface area contributed by atoms with E-state index >= 15 is 0 Å². The Labute approximate surface area is 188 Å².